The first-order chi connectivity index (χ1) is 19.7. The maximum Gasteiger partial charge on any atom is 0.271 e. The van der Waals surface area contributed by atoms with Gasteiger partial charge in [0.05, 0.1) is 29.9 Å². The fourth-order valence-corrected chi connectivity index (χ4v) is 4.51. The fraction of sp³-hybridized carbons (Fsp3) is 0.156. The number of aromatic nitrogens is 3. The monoisotopic (exact) mass is 531 g/mol. The number of nitrogens with zero attached hydrogens (tertiary/aromatic N) is 3. The average molecular weight is 532 g/mol. The molecule has 0 aliphatic carbocycles. The largest absolute Gasteiger partial charge is 0.489 e. The number of para-hydroxylation sites is 1. The minimum absolute atomic E-state index is 0.113. The van der Waals surface area contributed by atoms with Gasteiger partial charge in [-0.05, 0) is 18.1 Å². The molecule has 0 fully saturated rings. The molecule has 1 atom stereocenters. The van der Waals surface area contributed by atoms with Crippen LogP contribution < -0.4 is 15.4 Å². The van der Waals surface area contributed by atoms with Crippen molar-refractivity contribution in [3.63, 3.8) is 0 Å². The number of nitrogens with one attached hydrogen (secondary N) is 2. The average Bonchev–Trinajstić information content (AvgIpc) is 3.02. The van der Waals surface area contributed by atoms with E-state index in [1.54, 1.807) is 0 Å². The van der Waals surface area contributed by atoms with Crippen molar-refractivity contribution >= 4 is 22.7 Å². The second-order valence-electron chi connectivity index (χ2n) is 9.09. The van der Waals surface area contributed by atoms with E-state index in [1.807, 2.05) is 91.9 Å². The molecular formula is C32H29N5O3. The van der Waals surface area contributed by atoms with Crippen LogP contribution in [0, 0.1) is 0 Å². The zero-order valence-corrected chi connectivity index (χ0v) is 22.1. The highest BCUT2D eigenvalue weighted by molar-refractivity contribution is 6.10. The minimum Gasteiger partial charge on any atom is -0.489 e. The van der Waals surface area contributed by atoms with Gasteiger partial charge in [0.25, 0.3) is 11.8 Å². The third kappa shape index (κ3) is 5.96. The van der Waals surface area contributed by atoms with Crippen molar-refractivity contribution in [3.8, 4) is 17.0 Å². The van der Waals surface area contributed by atoms with Gasteiger partial charge in [0.2, 0.25) is 0 Å². The zero-order chi connectivity index (χ0) is 27.7. The lowest BCUT2D eigenvalue weighted by Gasteiger charge is -2.21. The van der Waals surface area contributed by atoms with Crippen LogP contribution in [0.2, 0.25) is 0 Å². The number of carbonyl (C=O) groups is 2. The van der Waals surface area contributed by atoms with Crippen LogP contribution in [0.1, 0.15) is 45.8 Å². The molecule has 40 heavy (non-hydrogen) atoms. The second kappa shape index (κ2) is 12.6. The molecule has 2 aromatic heterocycles. The highest BCUT2D eigenvalue weighted by Crippen LogP contribution is 2.37. The van der Waals surface area contributed by atoms with Crippen LogP contribution in [0.4, 0.5) is 0 Å². The van der Waals surface area contributed by atoms with Gasteiger partial charge < -0.3 is 15.4 Å². The van der Waals surface area contributed by atoms with E-state index in [-0.39, 0.29) is 36.7 Å². The summed E-state index contributed by atoms with van der Waals surface area (Å²) in [5, 5.41) is 6.68. The molecule has 1 unspecified atom stereocenters. The lowest BCUT2D eigenvalue weighted by atomic mass is 10.00. The van der Waals surface area contributed by atoms with Crippen molar-refractivity contribution in [3.05, 3.63) is 120 Å². The number of ether oxygens (including phenoxy) is 1. The molecule has 0 spiro atoms. The molecule has 2 heterocycles. The smallest absolute Gasteiger partial charge is 0.271 e. The first kappa shape index (κ1) is 26.5. The highest BCUT2D eigenvalue weighted by atomic mass is 16.5. The summed E-state index contributed by atoms with van der Waals surface area (Å²) in [7, 11) is 0. The summed E-state index contributed by atoms with van der Waals surface area (Å²) in [6.07, 6.45) is 5.08. The second-order valence-corrected chi connectivity index (χ2v) is 9.09. The van der Waals surface area contributed by atoms with E-state index in [9.17, 15) is 9.59 Å². The third-order valence-corrected chi connectivity index (χ3v) is 6.47. The quantitative estimate of drug-likeness (QED) is 0.234. The Morgan fingerprint density at radius 3 is 2.33 bits per heavy atom. The van der Waals surface area contributed by atoms with E-state index in [0.29, 0.717) is 27.9 Å². The van der Waals surface area contributed by atoms with Gasteiger partial charge >= 0.3 is 0 Å². The topological polar surface area (TPSA) is 106 Å². The van der Waals surface area contributed by atoms with Crippen LogP contribution >= 0.6 is 0 Å². The Balaban J connectivity index is 1.50. The Labute approximate surface area is 232 Å². The lowest BCUT2D eigenvalue weighted by Crippen LogP contribution is -2.31. The summed E-state index contributed by atoms with van der Waals surface area (Å²) in [6, 6.07) is 26.9. The highest BCUT2D eigenvalue weighted by Gasteiger charge is 2.25. The van der Waals surface area contributed by atoms with E-state index in [2.05, 4.69) is 20.6 Å². The predicted molar refractivity (Wildman–Crippen MR) is 154 cm³/mol. The third-order valence-electron chi connectivity index (χ3n) is 6.47. The Morgan fingerprint density at radius 1 is 0.875 bits per heavy atom. The molecule has 0 bridgehead atoms. The molecular weight excluding hydrogens is 502 g/mol. The minimum atomic E-state index is -0.358. The number of amides is 2. The van der Waals surface area contributed by atoms with Crippen LogP contribution in [0.5, 0.6) is 5.75 Å². The number of carbonyl (C=O) groups excluding carboxylic acids is 2. The molecule has 5 aromatic rings. The lowest BCUT2D eigenvalue weighted by molar-refractivity contribution is 0.0922. The summed E-state index contributed by atoms with van der Waals surface area (Å²) < 4.78 is 6.29. The normalized spacial score (nSPS) is 11.5. The number of rotatable bonds is 10. The van der Waals surface area contributed by atoms with Crippen molar-refractivity contribution < 1.29 is 14.3 Å². The van der Waals surface area contributed by atoms with E-state index < -0.39 is 0 Å². The van der Waals surface area contributed by atoms with Gasteiger partial charge in [-0.15, -0.1) is 0 Å². The zero-order valence-electron chi connectivity index (χ0n) is 22.1. The summed E-state index contributed by atoms with van der Waals surface area (Å²) in [5.41, 5.74) is 3.69. The van der Waals surface area contributed by atoms with Crippen LogP contribution in [0.15, 0.2) is 104 Å². The van der Waals surface area contributed by atoms with Crippen molar-refractivity contribution in [2.75, 3.05) is 13.2 Å². The van der Waals surface area contributed by atoms with Crippen molar-refractivity contribution in [1.82, 2.24) is 25.6 Å². The van der Waals surface area contributed by atoms with Gasteiger partial charge in [0.1, 0.15) is 18.0 Å². The maximum absolute atomic E-state index is 14.0. The van der Waals surface area contributed by atoms with Gasteiger partial charge in [-0.2, -0.15) is 0 Å². The number of hydrogen-bond donors (Lipinski definition) is 2. The summed E-state index contributed by atoms with van der Waals surface area (Å²) in [5.74, 6) is -0.257. The van der Waals surface area contributed by atoms with Crippen molar-refractivity contribution in [1.29, 1.82) is 0 Å². The molecule has 8 nitrogen and oxygen atoms in total. The van der Waals surface area contributed by atoms with Crippen LogP contribution in [0.25, 0.3) is 22.2 Å². The molecule has 200 valence electrons. The molecule has 0 saturated heterocycles. The molecule has 2 amide bonds. The van der Waals surface area contributed by atoms with Crippen molar-refractivity contribution in [2.24, 2.45) is 0 Å². The Bertz CT molecular complexity index is 1600. The summed E-state index contributed by atoms with van der Waals surface area (Å²) >= 11 is 0. The van der Waals surface area contributed by atoms with Gasteiger partial charge in [0.15, 0.2) is 5.75 Å². The summed E-state index contributed by atoms with van der Waals surface area (Å²) in [4.78, 5) is 39.3. The Kier molecular flexibility index (Phi) is 8.36. The van der Waals surface area contributed by atoms with E-state index in [1.165, 1.54) is 18.6 Å². The maximum atomic E-state index is 14.0. The SMILES string of the molecule is CCC(NC(=O)c1c(OCCNC(=O)c2cnccn2)c(-c2ccccc2)nc2ccccc12)c1ccccc1. The molecule has 8 heteroatoms. The van der Waals surface area contributed by atoms with Crippen LogP contribution in [-0.4, -0.2) is 39.9 Å². The molecule has 2 N–H and O–H groups in total. The molecule has 0 aliphatic heterocycles. The van der Waals surface area contributed by atoms with E-state index in [0.717, 1.165) is 17.5 Å². The Morgan fingerprint density at radius 2 is 1.60 bits per heavy atom. The molecule has 5 rings (SSSR count). The van der Waals surface area contributed by atoms with Crippen molar-refractivity contribution in [2.45, 2.75) is 19.4 Å². The van der Waals surface area contributed by atoms with Gasteiger partial charge in [0, 0.05) is 23.3 Å². The van der Waals surface area contributed by atoms with Gasteiger partial charge in [-0.3, -0.25) is 14.6 Å². The van der Waals surface area contributed by atoms with Gasteiger partial charge in [-0.1, -0.05) is 85.8 Å². The number of benzene rings is 3. The number of pyridine rings is 1. The molecule has 0 radical (unpaired) electrons. The first-order valence-corrected chi connectivity index (χ1v) is 13.2. The molecule has 0 saturated carbocycles. The van der Waals surface area contributed by atoms with Gasteiger partial charge in [-0.25, -0.2) is 9.97 Å². The van der Waals surface area contributed by atoms with Crippen LogP contribution in [-0.2, 0) is 0 Å². The first-order valence-electron chi connectivity index (χ1n) is 13.2. The van der Waals surface area contributed by atoms with E-state index in [4.69, 9.17) is 9.72 Å². The molecule has 0 aliphatic rings. The molecule has 3 aromatic carbocycles. The standard InChI is InChI=1S/C32H29N5O3/c1-2-25(22-11-5-3-6-12-22)37-32(39)28-24-15-9-10-16-26(24)36-29(23-13-7-4-8-14-23)30(28)40-20-19-35-31(38)27-21-33-17-18-34-27/h3-18,21,25H,2,19-20H2,1H3,(H,35,38)(H,37,39). The Hall–Kier alpha value is -5.11. The number of hydrogen-bond acceptors (Lipinski definition) is 6. The fourth-order valence-electron chi connectivity index (χ4n) is 4.51. The predicted octanol–water partition coefficient (Wildman–Crippen LogP) is 5.38. The summed E-state index contributed by atoms with van der Waals surface area (Å²) in [6.45, 7) is 2.34. The van der Waals surface area contributed by atoms with E-state index >= 15 is 0 Å². The van der Waals surface area contributed by atoms with Crippen LogP contribution in [0.3, 0.4) is 0 Å². The number of fused-ring (bicyclic) bond motifs is 1.